The van der Waals surface area contributed by atoms with Gasteiger partial charge >= 0.3 is 5.97 Å². The summed E-state index contributed by atoms with van der Waals surface area (Å²) >= 11 is 0. The van der Waals surface area contributed by atoms with Crippen LogP contribution in [0.5, 0.6) is 0 Å². The molecule has 0 aromatic heterocycles. The molecule has 1 saturated carbocycles. The zero-order valence-corrected chi connectivity index (χ0v) is 9.99. The molecule has 0 radical (unpaired) electrons. The third-order valence-electron chi connectivity index (χ3n) is 3.86. The van der Waals surface area contributed by atoms with Gasteiger partial charge in [0.05, 0.1) is 5.92 Å². The van der Waals surface area contributed by atoms with Crippen molar-refractivity contribution < 1.29 is 9.90 Å². The quantitative estimate of drug-likeness (QED) is 0.735. The largest absolute Gasteiger partial charge is 0.481 e. The van der Waals surface area contributed by atoms with Crippen molar-refractivity contribution in [3.05, 3.63) is 0 Å². The fourth-order valence-corrected chi connectivity index (χ4v) is 2.53. The molecule has 0 amide bonds. The van der Waals surface area contributed by atoms with Crippen LogP contribution in [0.4, 0.5) is 0 Å². The van der Waals surface area contributed by atoms with Crippen molar-refractivity contribution in [3.63, 3.8) is 0 Å². The highest BCUT2D eigenvalue weighted by Gasteiger charge is 2.31. The lowest BCUT2D eigenvalue weighted by Crippen LogP contribution is -2.37. The Morgan fingerprint density at radius 2 is 2.20 bits per heavy atom. The SMILES string of the molecule is CCC1CCC(NCC(C)C(=O)O)C1C. The normalized spacial score (nSPS) is 32.9. The summed E-state index contributed by atoms with van der Waals surface area (Å²) in [5.41, 5.74) is 0. The number of carboxylic acid groups (broad SMARTS) is 1. The van der Waals surface area contributed by atoms with Gasteiger partial charge in [0.2, 0.25) is 0 Å². The number of carbonyl (C=O) groups is 1. The standard InChI is InChI=1S/C12H23NO2/c1-4-10-5-6-11(9(10)3)13-7-8(2)12(14)15/h8-11,13H,4-7H2,1-3H3,(H,14,15). The van der Waals surface area contributed by atoms with E-state index in [0.717, 1.165) is 5.92 Å². The minimum atomic E-state index is -0.708. The van der Waals surface area contributed by atoms with Gasteiger partial charge in [0, 0.05) is 12.6 Å². The Balaban J connectivity index is 2.31. The Hall–Kier alpha value is -0.570. The molecule has 3 nitrogen and oxygen atoms in total. The van der Waals surface area contributed by atoms with Crippen LogP contribution in [0.1, 0.15) is 40.0 Å². The molecule has 2 N–H and O–H groups in total. The molecule has 1 aliphatic carbocycles. The van der Waals surface area contributed by atoms with Gasteiger partial charge < -0.3 is 10.4 Å². The van der Waals surface area contributed by atoms with Crippen molar-refractivity contribution in [3.8, 4) is 0 Å². The summed E-state index contributed by atoms with van der Waals surface area (Å²) in [6.07, 6.45) is 3.73. The van der Waals surface area contributed by atoms with Crippen molar-refractivity contribution >= 4 is 5.97 Å². The van der Waals surface area contributed by atoms with Gasteiger partial charge in [0.25, 0.3) is 0 Å². The Kier molecular flexibility index (Phi) is 4.58. The number of carboxylic acids is 1. The zero-order chi connectivity index (χ0) is 11.4. The fraction of sp³-hybridized carbons (Fsp3) is 0.917. The van der Waals surface area contributed by atoms with E-state index in [1.807, 2.05) is 0 Å². The molecular weight excluding hydrogens is 190 g/mol. The van der Waals surface area contributed by atoms with Crippen LogP contribution in [0.15, 0.2) is 0 Å². The average molecular weight is 213 g/mol. The van der Waals surface area contributed by atoms with Crippen LogP contribution in [0, 0.1) is 17.8 Å². The first-order valence-electron chi connectivity index (χ1n) is 6.02. The monoisotopic (exact) mass is 213 g/mol. The molecular formula is C12H23NO2. The van der Waals surface area contributed by atoms with E-state index in [9.17, 15) is 4.79 Å². The highest BCUT2D eigenvalue weighted by molar-refractivity contribution is 5.69. The summed E-state index contributed by atoms with van der Waals surface area (Å²) in [6, 6.07) is 0.525. The van der Waals surface area contributed by atoms with Crippen LogP contribution in [0.25, 0.3) is 0 Å². The predicted octanol–water partition coefficient (Wildman–Crippen LogP) is 2.12. The maximum atomic E-state index is 10.7. The summed E-state index contributed by atoms with van der Waals surface area (Å²) in [4.78, 5) is 10.7. The van der Waals surface area contributed by atoms with Crippen LogP contribution >= 0.6 is 0 Å². The lowest BCUT2D eigenvalue weighted by Gasteiger charge is -2.21. The number of hydrogen-bond acceptors (Lipinski definition) is 2. The van der Waals surface area contributed by atoms with E-state index >= 15 is 0 Å². The van der Waals surface area contributed by atoms with Crippen LogP contribution in [-0.4, -0.2) is 23.7 Å². The fourth-order valence-electron chi connectivity index (χ4n) is 2.53. The molecule has 0 spiro atoms. The maximum Gasteiger partial charge on any atom is 0.307 e. The second-order valence-corrected chi connectivity index (χ2v) is 4.86. The lowest BCUT2D eigenvalue weighted by molar-refractivity contribution is -0.141. The smallest absolute Gasteiger partial charge is 0.307 e. The molecule has 0 aromatic carbocycles. The Labute approximate surface area is 92.3 Å². The molecule has 0 aliphatic heterocycles. The van der Waals surface area contributed by atoms with E-state index in [1.165, 1.54) is 19.3 Å². The van der Waals surface area contributed by atoms with Crippen LogP contribution in [0.3, 0.4) is 0 Å². The highest BCUT2D eigenvalue weighted by Crippen LogP contribution is 2.33. The van der Waals surface area contributed by atoms with E-state index in [4.69, 9.17) is 5.11 Å². The van der Waals surface area contributed by atoms with E-state index < -0.39 is 5.97 Å². The van der Waals surface area contributed by atoms with Gasteiger partial charge in [-0.05, 0) is 24.7 Å². The molecule has 88 valence electrons. The highest BCUT2D eigenvalue weighted by atomic mass is 16.4. The van der Waals surface area contributed by atoms with E-state index in [1.54, 1.807) is 6.92 Å². The van der Waals surface area contributed by atoms with Gasteiger partial charge in [-0.2, -0.15) is 0 Å². The first-order chi connectivity index (χ1) is 7.06. The first kappa shape index (κ1) is 12.5. The first-order valence-corrected chi connectivity index (χ1v) is 6.02. The van der Waals surface area contributed by atoms with Crippen molar-refractivity contribution in [2.45, 2.75) is 46.1 Å². The van der Waals surface area contributed by atoms with Crippen LogP contribution < -0.4 is 5.32 Å². The zero-order valence-electron chi connectivity index (χ0n) is 9.99. The van der Waals surface area contributed by atoms with Crippen molar-refractivity contribution in [2.24, 2.45) is 17.8 Å². The van der Waals surface area contributed by atoms with Crippen molar-refractivity contribution in [2.75, 3.05) is 6.54 Å². The third kappa shape index (κ3) is 3.20. The second-order valence-electron chi connectivity index (χ2n) is 4.86. The number of aliphatic carboxylic acids is 1. The molecule has 0 heterocycles. The molecule has 0 aromatic rings. The van der Waals surface area contributed by atoms with E-state index in [2.05, 4.69) is 19.2 Å². The second kappa shape index (κ2) is 5.50. The summed E-state index contributed by atoms with van der Waals surface area (Å²) in [5.74, 6) is 0.525. The van der Waals surface area contributed by atoms with Gasteiger partial charge in [-0.15, -0.1) is 0 Å². The summed E-state index contributed by atoms with van der Waals surface area (Å²) in [7, 11) is 0. The van der Waals surface area contributed by atoms with Crippen molar-refractivity contribution in [1.82, 2.24) is 5.32 Å². The van der Waals surface area contributed by atoms with Gasteiger partial charge in [0.15, 0.2) is 0 Å². The number of nitrogens with one attached hydrogen (secondary N) is 1. The minimum Gasteiger partial charge on any atom is -0.481 e. The summed E-state index contributed by atoms with van der Waals surface area (Å²) in [6.45, 7) is 6.88. The molecule has 4 atom stereocenters. The third-order valence-corrected chi connectivity index (χ3v) is 3.86. The Morgan fingerprint density at radius 1 is 1.53 bits per heavy atom. The minimum absolute atomic E-state index is 0.280. The Morgan fingerprint density at radius 3 is 2.67 bits per heavy atom. The summed E-state index contributed by atoms with van der Waals surface area (Å²) in [5, 5.41) is 12.2. The van der Waals surface area contributed by atoms with Gasteiger partial charge in [0.1, 0.15) is 0 Å². The molecule has 0 bridgehead atoms. The molecule has 1 fully saturated rings. The number of hydrogen-bond donors (Lipinski definition) is 2. The Bertz CT molecular complexity index is 218. The van der Waals surface area contributed by atoms with E-state index in [-0.39, 0.29) is 5.92 Å². The molecule has 15 heavy (non-hydrogen) atoms. The average Bonchev–Trinajstić information content (AvgIpc) is 2.55. The molecule has 1 rings (SSSR count). The van der Waals surface area contributed by atoms with Gasteiger partial charge in [-0.1, -0.05) is 27.2 Å². The molecule has 0 saturated heterocycles. The van der Waals surface area contributed by atoms with Crippen molar-refractivity contribution in [1.29, 1.82) is 0 Å². The van der Waals surface area contributed by atoms with Gasteiger partial charge in [-0.3, -0.25) is 4.79 Å². The maximum absolute atomic E-state index is 10.7. The number of rotatable bonds is 5. The molecule has 4 unspecified atom stereocenters. The lowest BCUT2D eigenvalue weighted by atomic mass is 9.93. The summed E-state index contributed by atoms with van der Waals surface area (Å²) < 4.78 is 0. The van der Waals surface area contributed by atoms with Gasteiger partial charge in [-0.25, -0.2) is 0 Å². The van der Waals surface area contributed by atoms with E-state index in [0.29, 0.717) is 18.5 Å². The topological polar surface area (TPSA) is 49.3 Å². The van der Waals surface area contributed by atoms with Crippen LogP contribution in [-0.2, 0) is 4.79 Å². The van der Waals surface area contributed by atoms with Crippen LogP contribution in [0.2, 0.25) is 0 Å². The molecule has 3 heteroatoms. The predicted molar refractivity (Wildman–Crippen MR) is 60.8 cm³/mol. The molecule has 1 aliphatic rings.